The summed E-state index contributed by atoms with van der Waals surface area (Å²) in [5.74, 6) is -0.288. The lowest BCUT2D eigenvalue weighted by Gasteiger charge is -2.23. The van der Waals surface area contributed by atoms with E-state index in [9.17, 15) is 13.2 Å². The Labute approximate surface area is 147 Å². The van der Waals surface area contributed by atoms with E-state index >= 15 is 0 Å². The minimum absolute atomic E-state index is 0.106. The molecule has 128 valence electrons. The monoisotopic (exact) mass is 366 g/mol. The Morgan fingerprint density at radius 2 is 1.58 bits per heavy atom. The average molecular weight is 367 g/mol. The fourth-order valence-corrected chi connectivity index (χ4v) is 3.56. The highest BCUT2D eigenvalue weighted by Gasteiger charge is 2.27. The number of nitrogens with zero attached hydrogens (tertiary/aromatic N) is 2. The van der Waals surface area contributed by atoms with Gasteiger partial charge in [0, 0.05) is 25.7 Å². The van der Waals surface area contributed by atoms with Crippen molar-refractivity contribution in [2.24, 2.45) is 0 Å². The van der Waals surface area contributed by atoms with Crippen molar-refractivity contribution in [1.82, 2.24) is 9.21 Å². The van der Waals surface area contributed by atoms with Crippen molar-refractivity contribution >= 4 is 27.5 Å². The summed E-state index contributed by atoms with van der Waals surface area (Å²) in [4.78, 5) is 13.6. The van der Waals surface area contributed by atoms with Crippen molar-refractivity contribution in [2.75, 3.05) is 20.6 Å². The summed E-state index contributed by atoms with van der Waals surface area (Å²) in [6.07, 6.45) is 0. The smallest absolute Gasteiger partial charge is 0.243 e. The molecule has 0 fully saturated rings. The molecule has 0 N–H and O–H groups in total. The van der Waals surface area contributed by atoms with Crippen molar-refractivity contribution in [3.05, 3.63) is 65.2 Å². The molecule has 0 atom stereocenters. The van der Waals surface area contributed by atoms with E-state index in [-0.39, 0.29) is 23.9 Å². The molecule has 7 heteroatoms. The predicted octanol–water partition coefficient (Wildman–Crippen LogP) is 2.62. The number of carbonyl (C=O) groups is 1. The fourth-order valence-electron chi connectivity index (χ4n) is 2.06. The molecule has 24 heavy (non-hydrogen) atoms. The molecule has 0 saturated heterocycles. The standard InChI is InChI=1S/C17H19ClN2O3S/c1-19(2)17(21)13-20(12-14-6-4-3-5-7-14)24(22,23)16-10-8-15(18)9-11-16/h3-11H,12-13H2,1-2H3. The summed E-state index contributed by atoms with van der Waals surface area (Å²) in [5.41, 5.74) is 0.807. The van der Waals surface area contributed by atoms with Crippen LogP contribution in [0.25, 0.3) is 0 Å². The summed E-state index contributed by atoms with van der Waals surface area (Å²) < 4.78 is 27.0. The third-order valence-electron chi connectivity index (χ3n) is 3.46. The maximum absolute atomic E-state index is 12.9. The first-order valence-electron chi connectivity index (χ1n) is 7.30. The summed E-state index contributed by atoms with van der Waals surface area (Å²) >= 11 is 5.83. The molecule has 0 bridgehead atoms. The van der Waals surface area contributed by atoms with Gasteiger partial charge in [0.05, 0.1) is 11.4 Å². The molecule has 2 aromatic rings. The van der Waals surface area contributed by atoms with Crippen molar-refractivity contribution in [3.63, 3.8) is 0 Å². The number of likely N-dealkylation sites (N-methyl/N-ethyl adjacent to an activating group) is 1. The molecule has 0 radical (unpaired) electrons. The van der Waals surface area contributed by atoms with Gasteiger partial charge >= 0.3 is 0 Å². The molecule has 0 aromatic heterocycles. The summed E-state index contributed by atoms with van der Waals surface area (Å²) in [7, 11) is -0.627. The van der Waals surface area contributed by atoms with Gasteiger partial charge in [0.2, 0.25) is 15.9 Å². The zero-order valence-electron chi connectivity index (χ0n) is 13.5. The van der Waals surface area contributed by atoms with E-state index in [4.69, 9.17) is 11.6 Å². The van der Waals surface area contributed by atoms with Crippen LogP contribution in [-0.4, -0.2) is 44.2 Å². The first kappa shape index (κ1) is 18.4. The first-order chi connectivity index (χ1) is 11.3. The van der Waals surface area contributed by atoms with Gasteiger partial charge in [-0.25, -0.2) is 8.42 Å². The van der Waals surface area contributed by atoms with Gasteiger partial charge < -0.3 is 4.90 Å². The van der Waals surface area contributed by atoms with E-state index in [0.717, 1.165) is 5.56 Å². The van der Waals surface area contributed by atoms with E-state index in [1.807, 2.05) is 30.3 Å². The van der Waals surface area contributed by atoms with Gasteiger partial charge in [-0.2, -0.15) is 4.31 Å². The van der Waals surface area contributed by atoms with E-state index in [1.54, 1.807) is 14.1 Å². The van der Waals surface area contributed by atoms with Crippen molar-refractivity contribution in [2.45, 2.75) is 11.4 Å². The second-order valence-electron chi connectivity index (χ2n) is 5.50. The SMILES string of the molecule is CN(C)C(=O)CN(Cc1ccccc1)S(=O)(=O)c1ccc(Cl)cc1. The minimum Gasteiger partial charge on any atom is -0.348 e. The Bertz CT molecular complexity index is 790. The normalized spacial score (nSPS) is 11.5. The van der Waals surface area contributed by atoms with E-state index in [1.165, 1.54) is 33.5 Å². The van der Waals surface area contributed by atoms with Crippen molar-refractivity contribution < 1.29 is 13.2 Å². The fraction of sp³-hybridized carbons (Fsp3) is 0.235. The van der Waals surface area contributed by atoms with E-state index in [0.29, 0.717) is 5.02 Å². The van der Waals surface area contributed by atoms with Crippen LogP contribution in [0.5, 0.6) is 0 Å². The first-order valence-corrected chi connectivity index (χ1v) is 9.12. The van der Waals surface area contributed by atoms with Gasteiger partial charge in [-0.3, -0.25) is 4.79 Å². The van der Waals surface area contributed by atoms with Crippen LogP contribution in [0.4, 0.5) is 0 Å². The predicted molar refractivity (Wildman–Crippen MR) is 94.2 cm³/mol. The topological polar surface area (TPSA) is 57.7 Å². The maximum atomic E-state index is 12.9. The van der Waals surface area contributed by atoms with Gasteiger partial charge in [0.1, 0.15) is 0 Å². The molecule has 1 amide bonds. The van der Waals surface area contributed by atoms with Crippen LogP contribution in [-0.2, 0) is 21.4 Å². The highest BCUT2D eigenvalue weighted by molar-refractivity contribution is 7.89. The molecule has 0 spiro atoms. The summed E-state index contributed by atoms with van der Waals surface area (Å²) in [5, 5.41) is 0.452. The van der Waals surface area contributed by atoms with E-state index in [2.05, 4.69) is 0 Å². The largest absolute Gasteiger partial charge is 0.348 e. The third kappa shape index (κ3) is 4.56. The highest BCUT2D eigenvalue weighted by atomic mass is 35.5. The van der Waals surface area contributed by atoms with Crippen molar-refractivity contribution in [3.8, 4) is 0 Å². The Morgan fingerprint density at radius 3 is 2.12 bits per heavy atom. The zero-order chi connectivity index (χ0) is 17.7. The quantitative estimate of drug-likeness (QED) is 0.789. The minimum atomic E-state index is -3.82. The third-order valence-corrected chi connectivity index (χ3v) is 5.52. The van der Waals surface area contributed by atoms with Crippen LogP contribution in [0.15, 0.2) is 59.5 Å². The van der Waals surface area contributed by atoms with Gasteiger partial charge in [-0.15, -0.1) is 0 Å². The molecule has 2 aromatic carbocycles. The number of halogens is 1. The molecule has 0 saturated carbocycles. The Kier molecular flexibility index (Phi) is 5.99. The second-order valence-corrected chi connectivity index (χ2v) is 7.88. The zero-order valence-corrected chi connectivity index (χ0v) is 15.1. The van der Waals surface area contributed by atoms with Gasteiger partial charge in [-0.1, -0.05) is 41.9 Å². The number of hydrogen-bond acceptors (Lipinski definition) is 3. The number of benzene rings is 2. The Balaban J connectivity index is 2.36. The van der Waals surface area contributed by atoms with Gasteiger partial charge in [0.15, 0.2) is 0 Å². The molecule has 0 aliphatic rings. The lowest BCUT2D eigenvalue weighted by atomic mass is 10.2. The van der Waals surface area contributed by atoms with Crippen LogP contribution >= 0.6 is 11.6 Å². The molecule has 0 aliphatic carbocycles. The second kappa shape index (κ2) is 7.79. The number of carbonyl (C=O) groups excluding carboxylic acids is 1. The molecule has 5 nitrogen and oxygen atoms in total. The van der Waals surface area contributed by atoms with Crippen LogP contribution in [0, 0.1) is 0 Å². The molecule has 0 heterocycles. The average Bonchev–Trinajstić information content (AvgIpc) is 2.55. The van der Waals surface area contributed by atoms with E-state index < -0.39 is 10.0 Å². The van der Waals surface area contributed by atoms with Crippen LogP contribution in [0.3, 0.4) is 0 Å². The lowest BCUT2D eigenvalue weighted by Crippen LogP contribution is -2.39. The van der Waals surface area contributed by atoms with Crippen LogP contribution in [0.2, 0.25) is 5.02 Å². The Hall–Kier alpha value is -1.89. The van der Waals surface area contributed by atoms with Crippen LogP contribution < -0.4 is 0 Å². The molecule has 0 aliphatic heterocycles. The number of hydrogen-bond donors (Lipinski definition) is 0. The summed E-state index contributed by atoms with van der Waals surface area (Å²) in [6.45, 7) is -0.113. The highest BCUT2D eigenvalue weighted by Crippen LogP contribution is 2.20. The molecule has 2 rings (SSSR count). The van der Waals surface area contributed by atoms with Gasteiger partial charge in [0.25, 0.3) is 0 Å². The molecular formula is C17H19ClN2O3S. The van der Waals surface area contributed by atoms with Gasteiger partial charge in [-0.05, 0) is 29.8 Å². The lowest BCUT2D eigenvalue weighted by molar-refractivity contribution is -0.128. The Morgan fingerprint density at radius 1 is 1.00 bits per heavy atom. The van der Waals surface area contributed by atoms with Crippen LogP contribution in [0.1, 0.15) is 5.56 Å². The summed E-state index contributed by atoms with van der Waals surface area (Å²) in [6, 6.07) is 15.1. The molecule has 0 unspecified atom stereocenters. The van der Waals surface area contributed by atoms with Crippen molar-refractivity contribution in [1.29, 1.82) is 0 Å². The molecular weight excluding hydrogens is 348 g/mol. The number of sulfonamides is 1. The number of rotatable bonds is 6. The maximum Gasteiger partial charge on any atom is 0.243 e. The number of amides is 1.